The number of rotatable bonds is 10. The van der Waals surface area contributed by atoms with Crippen LogP contribution in [0.5, 0.6) is 0 Å². The van der Waals surface area contributed by atoms with Crippen molar-refractivity contribution in [2.75, 3.05) is 0 Å². The average Bonchev–Trinajstić information content (AvgIpc) is 3.26. The molecular formula is C48H34N2P2S2. The summed E-state index contributed by atoms with van der Waals surface area (Å²) in [6.07, 6.45) is 3.97. The molecule has 0 spiro atoms. The summed E-state index contributed by atoms with van der Waals surface area (Å²) in [4.78, 5) is 12.4. The molecule has 0 aliphatic carbocycles. The van der Waals surface area contributed by atoms with Gasteiger partial charge in [0.25, 0.3) is 0 Å². The van der Waals surface area contributed by atoms with Crippen molar-refractivity contribution >= 4 is 80.0 Å². The highest BCUT2D eigenvalue weighted by Gasteiger charge is 2.17. The van der Waals surface area contributed by atoms with E-state index in [1.54, 1.807) is 0 Å². The fourth-order valence-corrected chi connectivity index (χ4v) is 14.9. The van der Waals surface area contributed by atoms with Crippen LogP contribution < -0.4 is 21.2 Å². The van der Waals surface area contributed by atoms with Gasteiger partial charge in [-0.2, -0.15) is 0 Å². The second-order valence-electron chi connectivity index (χ2n) is 12.8. The van der Waals surface area contributed by atoms with Gasteiger partial charge in [0.1, 0.15) is 0 Å². The Morgan fingerprint density at radius 3 is 0.944 bits per heavy atom. The van der Waals surface area contributed by atoms with E-state index in [-0.39, 0.29) is 0 Å². The number of hydrogen-bond donors (Lipinski definition) is 0. The van der Waals surface area contributed by atoms with Crippen molar-refractivity contribution in [3.63, 3.8) is 0 Å². The van der Waals surface area contributed by atoms with Gasteiger partial charge in [-0.05, 0) is 68.7 Å². The summed E-state index contributed by atoms with van der Waals surface area (Å²) < 4.78 is 0. The summed E-state index contributed by atoms with van der Waals surface area (Å²) in [5.74, 6) is 0. The normalized spacial score (nSPS) is 11.4. The molecule has 54 heavy (non-hydrogen) atoms. The molecule has 0 fully saturated rings. The van der Waals surface area contributed by atoms with Crippen molar-refractivity contribution < 1.29 is 0 Å². The molecular weight excluding hydrogens is 731 g/mol. The Balaban J connectivity index is 0.932. The maximum absolute atomic E-state index is 4.96. The predicted molar refractivity (Wildman–Crippen MR) is 238 cm³/mol. The molecule has 9 rings (SSSR count). The van der Waals surface area contributed by atoms with Crippen LogP contribution in [0, 0.1) is 0 Å². The summed E-state index contributed by atoms with van der Waals surface area (Å²) in [5.41, 5.74) is 6.36. The van der Waals surface area contributed by atoms with Gasteiger partial charge in [0.15, 0.2) is 0 Å². The minimum Gasteiger partial charge on any atom is -0.253 e. The summed E-state index contributed by atoms with van der Waals surface area (Å²) in [6, 6.07) is 70.0. The molecule has 0 atom stereocenters. The lowest BCUT2D eigenvalue weighted by atomic mass is 10.0. The Bertz CT molecular complexity index is 2380. The molecule has 2 heterocycles. The zero-order valence-electron chi connectivity index (χ0n) is 29.2. The topological polar surface area (TPSA) is 25.8 Å². The number of aromatic nitrogens is 2. The third kappa shape index (κ3) is 7.62. The molecule has 0 unspecified atom stereocenters. The lowest BCUT2D eigenvalue weighted by Crippen LogP contribution is -2.08. The van der Waals surface area contributed by atoms with Crippen molar-refractivity contribution in [3.8, 4) is 22.3 Å². The first-order valence-electron chi connectivity index (χ1n) is 17.8. The number of fused-ring (bicyclic) bond motifs is 3. The fraction of sp³-hybridized carbons (Fsp3) is 0. The number of benzene rings is 7. The van der Waals surface area contributed by atoms with E-state index in [1.807, 2.05) is 35.2 Å². The van der Waals surface area contributed by atoms with Crippen LogP contribution in [-0.2, 0) is 0 Å². The van der Waals surface area contributed by atoms with Crippen molar-refractivity contribution in [1.29, 1.82) is 0 Å². The molecule has 7 aromatic carbocycles. The third-order valence-corrected chi connectivity index (χ3v) is 18.5. The van der Waals surface area contributed by atoms with Crippen LogP contribution in [0.2, 0.25) is 0 Å². The maximum atomic E-state index is 4.96. The highest BCUT2D eigenvalue weighted by Crippen LogP contribution is 2.53. The van der Waals surface area contributed by atoms with Crippen molar-refractivity contribution in [3.05, 3.63) is 207 Å². The monoisotopic (exact) mass is 764 g/mol. The van der Waals surface area contributed by atoms with Gasteiger partial charge < -0.3 is 0 Å². The SMILES string of the molecule is c1ccc(P(Sc2ccc(-c3cnc4c(ccc5cc(-c6ccc(SP(c7ccccc7)c7ccccc7)cc6)cnc54)c3)cc2)c2ccccc2)cc1. The second kappa shape index (κ2) is 16.1. The lowest BCUT2D eigenvalue weighted by molar-refractivity contribution is 1.36. The minimum absolute atomic E-state index is 0.573. The minimum atomic E-state index is -0.573. The molecule has 6 heteroatoms. The van der Waals surface area contributed by atoms with E-state index in [1.165, 1.54) is 31.0 Å². The molecule has 2 nitrogen and oxygen atoms in total. The van der Waals surface area contributed by atoms with Crippen LogP contribution in [0.4, 0.5) is 0 Å². The first kappa shape index (κ1) is 34.7. The third-order valence-electron chi connectivity index (χ3n) is 9.23. The van der Waals surface area contributed by atoms with E-state index in [0.29, 0.717) is 0 Å². The molecule has 0 radical (unpaired) electrons. The van der Waals surface area contributed by atoms with E-state index in [4.69, 9.17) is 9.97 Å². The van der Waals surface area contributed by atoms with Crippen LogP contribution in [0.1, 0.15) is 0 Å². The zero-order chi connectivity index (χ0) is 36.1. The number of hydrogen-bond acceptors (Lipinski definition) is 4. The van der Waals surface area contributed by atoms with Gasteiger partial charge in [-0.15, -0.1) is 0 Å². The molecule has 0 aliphatic heterocycles. The lowest BCUT2D eigenvalue weighted by Gasteiger charge is -2.18. The standard InChI is InChI=1S/C48H34N2P2S2/c1-5-13-41(14-6-1)51(42-15-7-2-8-16-42)53-45-27-23-35(24-28-45)39-31-37-21-22-38-32-40(34-50-48(38)47(37)49-33-39)36-25-29-46(30-26-36)54-52(43-17-9-3-10-18-43)44-19-11-4-12-20-44/h1-34H. The molecule has 0 saturated heterocycles. The molecule has 0 bridgehead atoms. The van der Waals surface area contributed by atoms with Crippen LogP contribution in [0.15, 0.2) is 216 Å². The molecule has 0 amide bonds. The van der Waals surface area contributed by atoms with Gasteiger partial charge in [-0.3, -0.25) is 9.97 Å². The molecule has 0 saturated carbocycles. The van der Waals surface area contributed by atoms with Crippen LogP contribution in [0.3, 0.4) is 0 Å². The van der Waals surface area contributed by atoms with E-state index in [2.05, 4.69) is 194 Å². The summed E-state index contributed by atoms with van der Waals surface area (Å²) in [7, 11) is -1.15. The Morgan fingerprint density at radius 1 is 0.315 bits per heavy atom. The fourth-order valence-electron chi connectivity index (χ4n) is 6.50. The number of pyridine rings is 2. The van der Waals surface area contributed by atoms with E-state index in [0.717, 1.165) is 44.1 Å². The Kier molecular flexibility index (Phi) is 10.3. The second-order valence-corrected chi connectivity index (χ2v) is 20.7. The molecule has 0 N–H and O–H groups in total. The Morgan fingerprint density at radius 2 is 0.630 bits per heavy atom. The van der Waals surface area contributed by atoms with Crippen LogP contribution >= 0.6 is 37.0 Å². The van der Waals surface area contributed by atoms with Crippen LogP contribution in [0.25, 0.3) is 44.1 Å². The van der Waals surface area contributed by atoms with Gasteiger partial charge in [0.05, 0.1) is 11.0 Å². The Hall–Kier alpha value is -5.08. The Labute approximate surface area is 326 Å². The van der Waals surface area contributed by atoms with Gasteiger partial charge in [-0.1, -0.05) is 180 Å². The van der Waals surface area contributed by atoms with Crippen molar-refractivity contribution in [1.82, 2.24) is 9.97 Å². The summed E-state index contributed by atoms with van der Waals surface area (Å²) in [6.45, 7) is 0. The largest absolute Gasteiger partial charge is 0.253 e. The highest BCUT2D eigenvalue weighted by atomic mass is 32.7. The molecule has 9 aromatic rings. The predicted octanol–water partition coefficient (Wildman–Crippen LogP) is 12.4. The quantitative estimate of drug-likeness (QED) is 0.102. The highest BCUT2D eigenvalue weighted by molar-refractivity contribution is 8.60. The van der Waals surface area contributed by atoms with E-state index < -0.39 is 14.2 Å². The molecule has 0 aliphatic rings. The average molecular weight is 765 g/mol. The van der Waals surface area contributed by atoms with Gasteiger partial charge >= 0.3 is 0 Å². The van der Waals surface area contributed by atoms with Gasteiger partial charge in [0.2, 0.25) is 0 Å². The van der Waals surface area contributed by atoms with E-state index in [9.17, 15) is 0 Å². The maximum Gasteiger partial charge on any atom is 0.0965 e. The molecule has 258 valence electrons. The van der Waals surface area contributed by atoms with E-state index >= 15 is 0 Å². The number of nitrogens with zero attached hydrogens (tertiary/aromatic N) is 2. The van der Waals surface area contributed by atoms with Gasteiger partial charge in [0, 0.05) is 58.3 Å². The van der Waals surface area contributed by atoms with Crippen molar-refractivity contribution in [2.24, 2.45) is 0 Å². The van der Waals surface area contributed by atoms with Crippen LogP contribution in [-0.4, -0.2) is 9.97 Å². The zero-order valence-corrected chi connectivity index (χ0v) is 32.7. The first-order chi connectivity index (χ1) is 26.7. The van der Waals surface area contributed by atoms with Crippen molar-refractivity contribution in [2.45, 2.75) is 9.79 Å². The first-order valence-corrected chi connectivity index (χ1v) is 23.3. The summed E-state index contributed by atoms with van der Waals surface area (Å²) in [5, 5.41) is 7.63. The smallest absolute Gasteiger partial charge is 0.0965 e. The molecule has 2 aromatic heterocycles. The van der Waals surface area contributed by atoms with Gasteiger partial charge in [-0.25, -0.2) is 0 Å². The summed E-state index contributed by atoms with van der Waals surface area (Å²) >= 11 is 3.89.